The first kappa shape index (κ1) is 17.7. The van der Waals surface area contributed by atoms with E-state index >= 15 is 0 Å². The molecule has 0 aliphatic heterocycles. The Bertz CT molecular complexity index is 434. The Balaban J connectivity index is 0.00000200. The van der Waals surface area contributed by atoms with E-state index in [2.05, 4.69) is 22.5 Å². The third kappa shape index (κ3) is 4.89. The van der Waals surface area contributed by atoms with Gasteiger partial charge in [-0.15, -0.1) is 24.0 Å². The smallest absolute Gasteiger partial charge is 0.191 e. The summed E-state index contributed by atoms with van der Waals surface area (Å²) < 4.78 is 0. The monoisotopic (exact) mass is 409 g/mol. The zero-order valence-corrected chi connectivity index (χ0v) is 15.4. The fraction of sp³-hybridized carbons (Fsp3) is 0.643. The van der Waals surface area contributed by atoms with Crippen LogP contribution in [0.3, 0.4) is 0 Å². The van der Waals surface area contributed by atoms with Gasteiger partial charge in [0.25, 0.3) is 0 Å². The van der Waals surface area contributed by atoms with E-state index in [1.54, 1.807) is 11.3 Å². The molecule has 2 rings (SSSR count). The average molecular weight is 409 g/mol. The highest BCUT2D eigenvalue weighted by atomic mass is 127. The van der Waals surface area contributed by atoms with Gasteiger partial charge in [0.1, 0.15) is 5.60 Å². The van der Waals surface area contributed by atoms with E-state index in [4.69, 9.17) is 0 Å². The van der Waals surface area contributed by atoms with Gasteiger partial charge in [-0.2, -0.15) is 11.3 Å². The van der Waals surface area contributed by atoms with Crippen molar-refractivity contribution < 1.29 is 5.11 Å². The molecular weight excluding hydrogens is 385 g/mol. The fourth-order valence-corrected chi connectivity index (χ4v) is 2.70. The van der Waals surface area contributed by atoms with Crippen molar-refractivity contribution >= 4 is 41.3 Å². The number of thiophene rings is 1. The van der Waals surface area contributed by atoms with Gasteiger partial charge in [0.05, 0.1) is 6.54 Å². The Labute approximate surface area is 142 Å². The van der Waals surface area contributed by atoms with Crippen molar-refractivity contribution in [1.82, 2.24) is 10.6 Å². The van der Waals surface area contributed by atoms with Gasteiger partial charge in [0.2, 0.25) is 0 Å². The Morgan fingerprint density at radius 2 is 2.30 bits per heavy atom. The Morgan fingerprint density at radius 1 is 1.60 bits per heavy atom. The molecule has 20 heavy (non-hydrogen) atoms. The first-order valence-corrected chi connectivity index (χ1v) is 7.77. The summed E-state index contributed by atoms with van der Waals surface area (Å²) in [7, 11) is 0. The van der Waals surface area contributed by atoms with E-state index in [0.717, 1.165) is 24.0 Å². The second kappa shape index (κ2) is 7.61. The van der Waals surface area contributed by atoms with E-state index in [9.17, 15) is 5.11 Å². The Morgan fingerprint density at radius 3 is 2.80 bits per heavy atom. The van der Waals surface area contributed by atoms with Gasteiger partial charge in [-0.1, -0.05) is 6.92 Å². The molecule has 1 saturated carbocycles. The molecule has 1 aliphatic rings. The normalized spacial score (nSPS) is 24.5. The van der Waals surface area contributed by atoms with Gasteiger partial charge in [0, 0.05) is 12.6 Å². The first-order chi connectivity index (χ1) is 9.03. The summed E-state index contributed by atoms with van der Waals surface area (Å²) in [5, 5.41) is 21.0. The molecule has 6 heteroatoms. The molecule has 1 aromatic heterocycles. The molecule has 1 aromatic rings. The van der Waals surface area contributed by atoms with Gasteiger partial charge in [-0.25, -0.2) is 4.99 Å². The van der Waals surface area contributed by atoms with Crippen molar-refractivity contribution in [3.05, 3.63) is 22.4 Å². The number of aliphatic imine (C=N–C) groups is 1. The molecule has 0 bridgehead atoms. The Hall–Kier alpha value is -0.340. The number of hydrogen-bond donors (Lipinski definition) is 3. The molecule has 1 aliphatic carbocycles. The molecule has 0 spiro atoms. The largest absolute Gasteiger partial charge is 0.383 e. The predicted molar refractivity (Wildman–Crippen MR) is 96.0 cm³/mol. The topological polar surface area (TPSA) is 56.7 Å². The fourth-order valence-electron chi connectivity index (χ4n) is 1.91. The molecule has 0 saturated heterocycles. The van der Waals surface area contributed by atoms with E-state index in [1.165, 1.54) is 6.42 Å². The lowest BCUT2D eigenvalue weighted by molar-refractivity contribution is 0.0677. The van der Waals surface area contributed by atoms with Crippen LogP contribution in [-0.2, 0) is 5.60 Å². The maximum Gasteiger partial charge on any atom is 0.191 e. The third-order valence-electron chi connectivity index (χ3n) is 3.46. The minimum Gasteiger partial charge on any atom is -0.383 e. The molecule has 3 unspecified atom stereocenters. The van der Waals surface area contributed by atoms with Crippen LogP contribution in [0.25, 0.3) is 0 Å². The van der Waals surface area contributed by atoms with Crippen LogP contribution >= 0.6 is 35.3 Å². The van der Waals surface area contributed by atoms with Crippen LogP contribution in [0.5, 0.6) is 0 Å². The Kier molecular flexibility index (Phi) is 6.74. The standard InChI is InChI=1S/C14H23N3OS.HI/c1-4-15-13(17-12-7-10(12)2)16-9-14(3,18)11-5-6-19-8-11;/h5-6,8,10,12,18H,4,7,9H2,1-3H3,(H2,15,16,17);1H. The lowest BCUT2D eigenvalue weighted by atomic mass is 10.00. The lowest BCUT2D eigenvalue weighted by Crippen LogP contribution is -2.40. The van der Waals surface area contributed by atoms with E-state index < -0.39 is 5.60 Å². The summed E-state index contributed by atoms with van der Waals surface area (Å²) in [5.41, 5.74) is 0.0224. The molecule has 1 heterocycles. The highest BCUT2D eigenvalue weighted by molar-refractivity contribution is 14.0. The zero-order valence-electron chi connectivity index (χ0n) is 12.2. The lowest BCUT2D eigenvalue weighted by Gasteiger charge is -2.21. The van der Waals surface area contributed by atoms with Crippen LogP contribution in [0.4, 0.5) is 0 Å². The maximum atomic E-state index is 10.4. The van der Waals surface area contributed by atoms with Gasteiger partial charge < -0.3 is 15.7 Å². The number of aliphatic hydroxyl groups is 1. The second-order valence-corrected chi connectivity index (χ2v) is 6.22. The van der Waals surface area contributed by atoms with Crippen molar-refractivity contribution in [2.24, 2.45) is 10.9 Å². The summed E-state index contributed by atoms with van der Waals surface area (Å²) in [5.74, 6) is 1.52. The van der Waals surface area contributed by atoms with E-state index in [0.29, 0.717) is 12.6 Å². The summed E-state index contributed by atoms with van der Waals surface area (Å²) in [4.78, 5) is 4.50. The average Bonchev–Trinajstić information content (AvgIpc) is 2.86. The van der Waals surface area contributed by atoms with Crippen molar-refractivity contribution in [2.75, 3.05) is 13.1 Å². The number of nitrogens with zero attached hydrogens (tertiary/aromatic N) is 1. The van der Waals surface area contributed by atoms with Crippen LogP contribution in [0.1, 0.15) is 32.8 Å². The highest BCUT2D eigenvalue weighted by Gasteiger charge is 2.33. The van der Waals surface area contributed by atoms with Crippen LogP contribution in [0, 0.1) is 5.92 Å². The summed E-state index contributed by atoms with van der Waals surface area (Å²) in [6.45, 7) is 7.27. The van der Waals surface area contributed by atoms with Gasteiger partial charge in [-0.05, 0) is 48.6 Å². The summed E-state index contributed by atoms with van der Waals surface area (Å²) in [6.07, 6.45) is 1.20. The van der Waals surface area contributed by atoms with Crippen molar-refractivity contribution in [1.29, 1.82) is 0 Å². The first-order valence-electron chi connectivity index (χ1n) is 6.83. The molecule has 0 radical (unpaired) electrons. The highest BCUT2D eigenvalue weighted by Crippen LogP contribution is 2.29. The van der Waals surface area contributed by atoms with Crippen molar-refractivity contribution in [3.63, 3.8) is 0 Å². The quantitative estimate of drug-likeness (QED) is 0.398. The molecule has 114 valence electrons. The number of guanidine groups is 1. The van der Waals surface area contributed by atoms with Crippen LogP contribution in [0.2, 0.25) is 0 Å². The molecule has 0 amide bonds. The molecule has 3 N–H and O–H groups in total. The van der Waals surface area contributed by atoms with Gasteiger partial charge in [0.15, 0.2) is 5.96 Å². The predicted octanol–water partition coefficient (Wildman–Crippen LogP) is 2.54. The molecule has 3 atom stereocenters. The second-order valence-electron chi connectivity index (χ2n) is 5.44. The summed E-state index contributed by atoms with van der Waals surface area (Å²) in [6, 6.07) is 2.48. The summed E-state index contributed by atoms with van der Waals surface area (Å²) >= 11 is 1.59. The maximum absolute atomic E-state index is 10.4. The number of hydrogen-bond acceptors (Lipinski definition) is 3. The number of rotatable bonds is 5. The number of nitrogens with one attached hydrogen (secondary N) is 2. The molecule has 4 nitrogen and oxygen atoms in total. The van der Waals surface area contributed by atoms with Crippen LogP contribution in [0.15, 0.2) is 21.8 Å². The SMILES string of the molecule is CCNC(=NCC(C)(O)c1ccsc1)NC1CC1C.I. The third-order valence-corrected chi connectivity index (χ3v) is 4.15. The van der Waals surface area contributed by atoms with E-state index in [1.807, 2.05) is 30.7 Å². The van der Waals surface area contributed by atoms with Crippen LogP contribution in [-0.4, -0.2) is 30.2 Å². The number of halogens is 1. The van der Waals surface area contributed by atoms with Gasteiger partial charge >= 0.3 is 0 Å². The molecule has 1 fully saturated rings. The minimum atomic E-state index is -0.905. The van der Waals surface area contributed by atoms with E-state index in [-0.39, 0.29) is 24.0 Å². The zero-order chi connectivity index (χ0) is 13.9. The van der Waals surface area contributed by atoms with Crippen molar-refractivity contribution in [3.8, 4) is 0 Å². The van der Waals surface area contributed by atoms with Crippen LogP contribution < -0.4 is 10.6 Å². The minimum absolute atomic E-state index is 0. The van der Waals surface area contributed by atoms with Gasteiger partial charge in [-0.3, -0.25) is 0 Å². The van der Waals surface area contributed by atoms with Crippen molar-refractivity contribution in [2.45, 2.75) is 38.8 Å². The molecular formula is C14H24IN3OS. The molecule has 0 aromatic carbocycles.